The van der Waals surface area contributed by atoms with Crippen LogP contribution in [-0.2, 0) is 6.42 Å². The lowest BCUT2D eigenvalue weighted by atomic mass is 10.0. The van der Waals surface area contributed by atoms with Crippen LogP contribution >= 0.6 is 0 Å². The average Bonchev–Trinajstić information content (AvgIpc) is 2.72. The maximum Gasteiger partial charge on any atom is 0.406 e. The van der Waals surface area contributed by atoms with Crippen molar-refractivity contribution in [3.8, 4) is 0 Å². The van der Waals surface area contributed by atoms with Crippen molar-refractivity contribution in [2.75, 3.05) is 13.1 Å². The number of halogens is 3. The molecule has 0 radical (unpaired) electrons. The Hall–Kier alpha value is -2.05. The van der Waals surface area contributed by atoms with Gasteiger partial charge in [-0.25, -0.2) is 0 Å². The molecule has 0 saturated carbocycles. The van der Waals surface area contributed by atoms with Gasteiger partial charge in [0.25, 0.3) is 5.91 Å². The molecular formula is C15H19F3N2O2. The fourth-order valence-corrected chi connectivity index (χ4v) is 2.44. The minimum atomic E-state index is -4.50. The van der Waals surface area contributed by atoms with E-state index < -0.39 is 18.6 Å². The van der Waals surface area contributed by atoms with Gasteiger partial charge in [0.1, 0.15) is 12.2 Å². The molecule has 7 heteroatoms. The lowest BCUT2D eigenvalue weighted by Crippen LogP contribution is -2.39. The second-order valence-electron chi connectivity index (χ2n) is 4.98. The van der Waals surface area contributed by atoms with Crippen molar-refractivity contribution in [1.29, 1.82) is 0 Å². The van der Waals surface area contributed by atoms with Crippen molar-refractivity contribution in [2.45, 2.75) is 33.4 Å². The lowest BCUT2D eigenvalue weighted by molar-refractivity contribution is -0.139. The molecule has 0 aliphatic carbocycles. The Kier molecular flexibility index (Phi) is 5.57. The van der Waals surface area contributed by atoms with Gasteiger partial charge >= 0.3 is 6.18 Å². The van der Waals surface area contributed by atoms with Crippen molar-refractivity contribution in [3.63, 3.8) is 0 Å². The van der Waals surface area contributed by atoms with E-state index in [4.69, 9.17) is 0 Å². The van der Waals surface area contributed by atoms with Crippen molar-refractivity contribution in [2.24, 2.45) is 0 Å². The quantitative estimate of drug-likeness (QED) is 0.647. The minimum absolute atomic E-state index is 0.0382. The Morgan fingerprint density at radius 3 is 2.36 bits per heavy atom. The molecule has 0 saturated heterocycles. The zero-order valence-corrected chi connectivity index (χ0v) is 12.8. The molecule has 22 heavy (non-hydrogen) atoms. The number of Topliss-reactive ketones (excluding diaryl/α,β-unsaturated/α-hetero) is 1. The summed E-state index contributed by atoms with van der Waals surface area (Å²) in [4.78, 5) is 27.5. The third-order valence-corrected chi connectivity index (χ3v) is 3.22. The minimum Gasteiger partial charge on any atom is -0.354 e. The molecule has 1 aromatic heterocycles. The second kappa shape index (κ2) is 6.81. The van der Waals surface area contributed by atoms with Crippen molar-refractivity contribution < 1.29 is 22.8 Å². The van der Waals surface area contributed by atoms with Gasteiger partial charge in [0.05, 0.1) is 0 Å². The summed E-state index contributed by atoms with van der Waals surface area (Å²) in [6.45, 7) is 6.51. The second-order valence-corrected chi connectivity index (χ2v) is 4.98. The van der Waals surface area contributed by atoms with E-state index in [9.17, 15) is 22.8 Å². The number of alkyl halides is 3. The Morgan fingerprint density at radius 2 is 1.95 bits per heavy atom. The molecule has 1 N–H and O–H groups in total. The largest absolute Gasteiger partial charge is 0.406 e. The highest BCUT2D eigenvalue weighted by Crippen LogP contribution is 2.23. The van der Waals surface area contributed by atoms with Gasteiger partial charge in [0.15, 0.2) is 5.78 Å². The number of carbonyl (C=O) groups is 2. The molecule has 1 aromatic rings. The molecule has 1 rings (SSSR count). The number of aromatic nitrogens is 1. The van der Waals surface area contributed by atoms with E-state index >= 15 is 0 Å². The zero-order chi connectivity index (χ0) is 17.1. The Bertz CT molecular complexity index is 588. The maximum absolute atomic E-state index is 12.6. The van der Waals surface area contributed by atoms with Gasteiger partial charge < -0.3 is 9.88 Å². The summed E-state index contributed by atoms with van der Waals surface area (Å²) in [5.74, 6) is -1.01. The van der Waals surface area contributed by atoms with Crippen molar-refractivity contribution in [3.05, 3.63) is 35.2 Å². The summed E-state index contributed by atoms with van der Waals surface area (Å²) < 4.78 is 37.8. The topological polar surface area (TPSA) is 53.2 Å². The smallest absolute Gasteiger partial charge is 0.354 e. The van der Waals surface area contributed by atoms with Gasteiger partial charge in [-0.3, -0.25) is 9.59 Å². The molecule has 0 unspecified atom stereocenters. The number of hydrogen-bond acceptors (Lipinski definition) is 2. The molecule has 0 aromatic carbocycles. The normalized spacial score (nSPS) is 11.4. The third kappa shape index (κ3) is 3.99. The molecule has 0 atom stereocenters. The fraction of sp³-hybridized carbons (Fsp3) is 0.467. The van der Waals surface area contributed by atoms with Crippen LogP contribution in [0.1, 0.15) is 46.0 Å². The number of hydrogen-bond donors (Lipinski definition) is 1. The van der Waals surface area contributed by atoms with Crippen LogP contribution in [0.3, 0.4) is 0 Å². The molecule has 0 bridgehead atoms. The van der Waals surface area contributed by atoms with Crippen LogP contribution in [0.25, 0.3) is 0 Å². The average molecular weight is 316 g/mol. The first kappa shape index (κ1) is 18.0. The molecule has 0 aliphatic heterocycles. The van der Waals surface area contributed by atoms with Gasteiger partial charge in [-0.1, -0.05) is 13.0 Å². The maximum atomic E-state index is 12.6. The third-order valence-electron chi connectivity index (χ3n) is 3.22. The number of aromatic amines is 1. The van der Waals surface area contributed by atoms with Crippen LogP contribution in [0.15, 0.2) is 12.7 Å². The first-order chi connectivity index (χ1) is 10.1. The molecule has 122 valence electrons. The highest BCUT2D eigenvalue weighted by Gasteiger charge is 2.34. The number of ketones is 1. The van der Waals surface area contributed by atoms with Gasteiger partial charge in [0.2, 0.25) is 0 Å². The van der Waals surface area contributed by atoms with Gasteiger partial charge in [-0.15, -0.1) is 6.58 Å². The van der Waals surface area contributed by atoms with Crippen LogP contribution in [0.5, 0.6) is 0 Å². The Balaban J connectivity index is 3.27. The van der Waals surface area contributed by atoms with E-state index in [2.05, 4.69) is 11.6 Å². The van der Waals surface area contributed by atoms with Crippen molar-refractivity contribution >= 4 is 11.7 Å². The van der Waals surface area contributed by atoms with Gasteiger partial charge in [0, 0.05) is 17.8 Å². The summed E-state index contributed by atoms with van der Waals surface area (Å²) in [5, 5.41) is 0. The van der Waals surface area contributed by atoms with Gasteiger partial charge in [-0.2, -0.15) is 13.2 Å². The first-order valence-electron chi connectivity index (χ1n) is 6.81. The molecule has 0 fully saturated rings. The zero-order valence-electron chi connectivity index (χ0n) is 12.8. The van der Waals surface area contributed by atoms with Crippen LogP contribution in [0.2, 0.25) is 0 Å². The summed E-state index contributed by atoms with van der Waals surface area (Å²) in [7, 11) is 0. The van der Waals surface area contributed by atoms with Gasteiger partial charge in [-0.05, 0) is 25.8 Å². The first-order valence-corrected chi connectivity index (χ1v) is 6.81. The highest BCUT2D eigenvalue weighted by atomic mass is 19.4. The monoisotopic (exact) mass is 316 g/mol. The number of aryl methyl sites for hydroxylation is 1. The SMILES string of the molecule is C=CCN(CC(F)(F)F)C(=O)c1[nH]c(C)c(C(C)=O)c1CC. The summed E-state index contributed by atoms with van der Waals surface area (Å²) in [6, 6.07) is 0. The van der Waals surface area contributed by atoms with E-state index in [0.717, 1.165) is 0 Å². The van der Waals surface area contributed by atoms with Crippen molar-refractivity contribution in [1.82, 2.24) is 9.88 Å². The number of carbonyl (C=O) groups excluding carboxylic acids is 2. The van der Waals surface area contributed by atoms with E-state index in [1.165, 1.54) is 13.0 Å². The number of rotatable bonds is 6. The number of nitrogens with one attached hydrogen (secondary N) is 1. The number of amides is 1. The number of nitrogens with zero attached hydrogens (tertiary/aromatic N) is 1. The van der Waals surface area contributed by atoms with E-state index in [1.807, 2.05) is 0 Å². The van der Waals surface area contributed by atoms with Crippen LogP contribution in [-0.4, -0.2) is 40.8 Å². The lowest BCUT2D eigenvalue weighted by Gasteiger charge is -2.22. The van der Waals surface area contributed by atoms with Crippen LogP contribution < -0.4 is 0 Å². The molecular weight excluding hydrogens is 297 g/mol. The highest BCUT2D eigenvalue weighted by molar-refractivity contribution is 6.02. The molecule has 1 heterocycles. The summed E-state index contributed by atoms with van der Waals surface area (Å²) in [5.41, 5.74) is 1.34. The molecule has 1 amide bonds. The Morgan fingerprint density at radius 1 is 1.36 bits per heavy atom. The number of H-pyrrole nitrogens is 1. The van der Waals surface area contributed by atoms with E-state index in [0.29, 0.717) is 28.1 Å². The summed E-state index contributed by atoms with van der Waals surface area (Å²) in [6.07, 6.45) is -2.90. The van der Waals surface area contributed by atoms with Crippen LogP contribution in [0, 0.1) is 6.92 Å². The molecule has 4 nitrogen and oxygen atoms in total. The molecule has 0 spiro atoms. The predicted octanol–water partition coefficient (Wildman–Crippen LogP) is 3.28. The standard InChI is InChI=1S/C15H19F3N2O2/c1-5-7-20(8-15(16,17)18)14(22)13-11(6-2)12(10(4)21)9(3)19-13/h5,19H,1,6-8H2,2-4H3. The predicted molar refractivity (Wildman–Crippen MR) is 77.1 cm³/mol. The Labute approximate surface area is 127 Å². The van der Waals surface area contributed by atoms with E-state index in [-0.39, 0.29) is 18.0 Å². The van der Waals surface area contributed by atoms with Crippen LogP contribution in [0.4, 0.5) is 13.2 Å². The van der Waals surface area contributed by atoms with E-state index in [1.54, 1.807) is 13.8 Å². The fourth-order valence-electron chi connectivity index (χ4n) is 2.44. The summed E-state index contributed by atoms with van der Waals surface area (Å²) >= 11 is 0. The molecule has 0 aliphatic rings.